The van der Waals surface area contributed by atoms with Crippen molar-refractivity contribution in [1.82, 2.24) is 5.32 Å². The number of unbranched alkanes of at least 4 members (excludes halogenated alkanes) is 5. The van der Waals surface area contributed by atoms with Crippen LogP contribution in [0.25, 0.3) is 0 Å². The summed E-state index contributed by atoms with van der Waals surface area (Å²) in [5, 5.41) is 3.79. The Morgan fingerprint density at radius 2 is 1.67 bits per heavy atom. The van der Waals surface area contributed by atoms with Gasteiger partial charge in [0.05, 0.1) is 0 Å². The van der Waals surface area contributed by atoms with E-state index >= 15 is 0 Å². The molecule has 1 heteroatoms. The highest BCUT2D eigenvalue weighted by molar-refractivity contribution is 4.79. The maximum Gasteiger partial charge on any atom is 0.00672 e. The van der Waals surface area contributed by atoms with Crippen molar-refractivity contribution in [1.29, 1.82) is 0 Å². The van der Waals surface area contributed by atoms with Crippen LogP contribution < -0.4 is 5.32 Å². The van der Waals surface area contributed by atoms with Gasteiger partial charge in [0, 0.05) is 6.04 Å². The van der Waals surface area contributed by atoms with Crippen LogP contribution in [0.3, 0.4) is 0 Å². The van der Waals surface area contributed by atoms with Gasteiger partial charge in [-0.2, -0.15) is 0 Å². The third kappa shape index (κ3) is 7.41. The lowest BCUT2D eigenvalue weighted by Crippen LogP contribution is -2.29. The van der Waals surface area contributed by atoms with E-state index in [4.69, 9.17) is 0 Å². The maximum absolute atomic E-state index is 3.79. The predicted octanol–water partition coefficient (Wildman–Crippen LogP) is 5.30. The Labute approximate surface area is 115 Å². The molecule has 1 rings (SSSR count). The van der Waals surface area contributed by atoms with Crippen molar-refractivity contribution < 1.29 is 0 Å². The van der Waals surface area contributed by atoms with E-state index in [1.165, 1.54) is 77.2 Å². The molecule has 1 aliphatic rings. The van der Waals surface area contributed by atoms with Gasteiger partial charge < -0.3 is 5.32 Å². The van der Waals surface area contributed by atoms with Crippen LogP contribution in [0.4, 0.5) is 0 Å². The molecule has 1 unspecified atom stereocenters. The van der Waals surface area contributed by atoms with Gasteiger partial charge in [-0.1, -0.05) is 59.3 Å². The fourth-order valence-electron chi connectivity index (χ4n) is 3.08. The van der Waals surface area contributed by atoms with Gasteiger partial charge in [-0.05, 0) is 44.1 Å². The van der Waals surface area contributed by atoms with E-state index in [1.807, 2.05) is 0 Å². The highest BCUT2D eigenvalue weighted by atomic mass is 14.9. The third-order valence-electron chi connectivity index (χ3n) is 4.54. The van der Waals surface area contributed by atoms with Crippen molar-refractivity contribution >= 4 is 0 Å². The first-order valence-electron chi connectivity index (χ1n) is 8.37. The SMILES string of the molecule is CCCCCCCCNC1CCCC(C)(C)CC1. The molecule has 0 aromatic rings. The van der Waals surface area contributed by atoms with Crippen LogP contribution in [-0.2, 0) is 0 Å². The van der Waals surface area contributed by atoms with Crippen LogP contribution in [0, 0.1) is 5.41 Å². The van der Waals surface area contributed by atoms with E-state index in [2.05, 4.69) is 26.1 Å². The molecule has 0 aromatic heterocycles. The largest absolute Gasteiger partial charge is 0.314 e. The lowest BCUT2D eigenvalue weighted by atomic mass is 9.85. The van der Waals surface area contributed by atoms with Crippen LogP contribution in [0.2, 0.25) is 0 Å². The van der Waals surface area contributed by atoms with E-state index in [9.17, 15) is 0 Å². The van der Waals surface area contributed by atoms with Crippen LogP contribution in [0.1, 0.15) is 91.4 Å². The molecular formula is C17H35N. The summed E-state index contributed by atoms with van der Waals surface area (Å²) in [5.41, 5.74) is 0.594. The van der Waals surface area contributed by atoms with E-state index in [1.54, 1.807) is 0 Å². The summed E-state index contributed by atoms with van der Waals surface area (Å²) in [6, 6.07) is 0.808. The summed E-state index contributed by atoms with van der Waals surface area (Å²) < 4.78 is 0. The molecular weight excluding hydrogens is 218 g/mol. The molecule has 0 spiro atoms. The minimum absolute atomic E-state index is 0.594. The minimum atomic E-state index is 0.594. The molecule has 0 amide bonds. The Hall–Kier alpha value is -0.0400. The van der Waals surface area contributed by atoms with Gasteiger partial charge in [0.2, 0.25) is 0 Å². The molecule has 18 heavy (non-hydrogen) atoms. The van der Waals surface area contributed by atoms with Crippen molar-refractivity contribution in [3.63, 3.8) is 0 Å². The standard InChI is InChI=1S/C17H35N/c1-4-5-6-7-8-9-15-18-16-11-10-13-17(2,3)14-12-16/h16,18H,4-15H2,1-3H3. The predicted molar refractivity (Wildman–Crippen MR) is 82.0 cm³/mol. The molecule has 1 saturated carbocycles. The molecule has 0 heterocycles. The third-order valence-corrected chi connectivity index (χ3v) is 4.54. The Morgan fingerprint density at radius 1 is 0.944 bits per heavy atom. The maximum atomic E-state index is 3.79. The summed E-state index contributed by atoms with van der Waals surface area (Å²) in [5.74, 6) is 0. The molecule has 1 N–H and O–H groups in total. The Kier molecular flexibility index (Phi) is 7.97. The summed E-state index contributed by atoms with van der Waals surface area (Å²) in [7, 11) is 0. The van der Waals surface area contributed by atoms with Crippen LogP contribution in [-0.4, -0.2) is 12.6 Å². The highest BCUT2D eigenvalue weighted by Gasteiger charge is 2.23. The Morgan fingerprint density at radius 3 is 2.44 bits per heavy atom. The number of hydrogen-bond acceptors (Lipinski definition) is 1. The highest BCUT2D eigenvalue weighted by Crippen LogP contribution is 2.33. The lowest BCUT2D eigenvalue weighted by Gasteiger charge is -2.22. The van der Waals surface area contributed by atoms with Gasteiger partial charge in [0.1, 0.15) is 0 Å². The van der Waals surface area contributed by atoms with Crippen molar-refractivity contribution in [3.8, 4) is 0 Å². The normalized spacial score (nSPS) is 23.8. The van der Waals surface area contributed by atoms with E-state index in [0.29, 0.717) is 5.41 Å². The molecule has 0 aliphatic heterocycles. The van der Waals surface area contributed by atoms with Crippen LogP contribution in [0.5, 0.6) is 0 Å². The van der Waals surface area contributed by atoms with E-state index in [0.717, 1.165) is 6.04 Å². The zero-order valence-corrected chi connectivity index (χ0v) is 13.1. The van der Waals surface area contributed by atoms with Crippen molar-refractivity contribution in [2.75, 3.05) is 6.54 Å². The lowest BCUT2D eigenvalue weighted by molar-refractivity contribution is 0.309. The average Bonchev–Trinajstić information content (AvgIpc) is 2.50. The second-order valence-corrected chi connectivity index (χ2v) is 7.01. The first-order chi connectivity index (χ1) is 8.64. The zero-order chi connectivity index (χ0) is 13.3. The summed E-state index contributed by atoms with van der Waals surface area (Å²) in [6.07, 6.45) is 15.5. The van der Waals surface area contributed by atoms with Gasteiger partial charge in [0.15, 0.2) is 0 Å². The smallest absolute Gasteiger partial charge is 0.00672 e. The minimum Gasteiger partial charge on any atom is -0.314 e. The summed E-state index contributed by atoms with van der Waals surface area (Å²) >= 11 is 0. The van der Waals surface area contributed by atoms with Crippen molar-refractivity contribution in [2.45, 2.75) is 97.4 Å². The molecule has 1 atom stereocenters. The topological polar surface area (TPSA) is 12.0 Å². The molecule has 0 saturated heterocycles. The van der Waals surface area contributed by atoms with Gasteiger partial charge >= 0.3 is 0 Å². The molecule has 108 valence electrons. The monoisotopic (exact) mass is 253 g/mol. The molecule has 0 radical (unpaired) electrons. The fraction of sp³-hybridized carbons (Fsp3) is 1.00. The zero-order valence-electron chi connectivity index (χ0n) is 13.1. The summed E-state index contributed by atoms with van der Waals surface area (Å²) in [4.78, 5) is 0. The van der Waals surface area contributed by atoms with Gasteiger partial charge in [0.25, 0.3) is 0 Å². The number of rotatable bonds is 8. The van der Waals surface area contributed by atoms with E-state index < -0.39 is 0 Å². The van der Waals surface area contributed by atoms with Gasteiger partial charge in [-0.3, -0.25) is 0 Å². The van der Waals surface area contributed by atoms with E-state index in [-0.39, 0.29) is 0 Å². The molecule has 0 aromatic carbocycles. The second kappa shape index (κ2) is 8.96. The van der Waals surface area contributed by atoms with Crippen LogP contribution >= 0.6 is 0 Å². The van der Waals surface area contributed by atoms with Gasteiger partial charge in [-0.25, -0.2) is 0 Å². The average molecular weight is 253 g/mol. The molecule has 1 fully saturated rings. The van der Waals surface area contributed by atoms with Crippen molar-refractivity contribution in [3.05, 3.63) is 0 Å². The fourth-order valence-corrected chi connectivity index (χ4v) is 3.08. The molecule has 1 nitrogen and oxygen atoms in total. The molecule has 1 aliphatic carbocycles. The van der Waals surface area contributed by atoms with Crippen molar-refractivity contribution in [2.24, 2.45) is 5.41 Å². The Balaban J connectivity index is 1.99. The van der Waals surface area contributed by atoms with Crippen LogP contribution in [0.15, 0.2) is 0 Å². The quantitative estimate of drug-likeness (QED) is 0.457. The Bertz CT molecular complexity index is 198. The number of hydrogen-bond donors (Lipinski definition) is 1. The number of nitrogens with one attached hydrogen (secondary N) is 1. The first kappa shape index (κ1) is 16.0. The summed E-state index contributed by atoms with van der Waals surface area (Å²) in [6.45, 7) is 8.40. The van der Waals surface area contributed by atoms with Gasteiger partial charge in [-0.15, -0.1) is 0 Å². The molecule has 0 bridgehead atoms. The first-order valence-corrected chi connectivity index (χ1v) is 8.37. The second-order valence-electron chi connectivity index (χ2n) is 7.01.